The number of nitrogens with zero attached hydrogens (tertiary/aromatic N) is 1. The van der Waals surface area contributed by atoms with Gasteiger partial charge in [-0.05, 0) is 33.2 Å². The number of halogens is 3. The van der Waals surface area contributed by atoms with Gasteiger partial charge < -0.3 is 15.3 Å². The van der Waals surface area contributed by atoms with E-state index in [9.17, 15) is 18.7 Å². The molecule has 7 heteroatoms. The molecule has 0 aliphatic heterocycles. The SMILES string of the molecule is CN(C)CC(C)(O)CNC(=O)c1c(F)cc(Br)cc1F. The van der Waals surface area contributed by atoms with Crippen LogP contribution in [0.25, 0.3) is 0 Å². The molecule has 1 unspecified atom stereocenters. The minimum Gasteiger partial charge on any atom is -0.387 e. The summed E-state index contributed by atoms with van der Waals surface area (Å²) in [6.45, 7) is 1.72. The van der Waals surface area contributed by atoms with Gasteiger partial charge in [0.25, 0.3) is 5.91 Å². The standard InChI is InChI=1S/C13H17BrF2N2O2/c1-13(20,7-18(2)3)6-17-12(19)11-9(15)4-8(14)5-10(11)16/h4-5,20H,6-7H2,1-3H3,(H,17,19). The molecule has 112 valence electrons. The highest BCUT2D eigenvalue weighted by atomic mass is 79.9. The molecule has 0 bridgehead atoms. The number of carbonyl (C=O) groups is 1. The van der Waals surface area contributed by atoms with Crippen LogP contribution in [-0.2, 0) is 0 Å². The third-order valence-corrected chi connectivity index (χ3v) is 2.98. The molecule has 0 aliphatic carbocycles. The first-order chi connectivity index (χ1) is 9.12. The Morgan fingerprint density at radius 2 is 1.90 bits per heavy atom. The number of hydrogen-bond donors (Lipinski definition) is 2. The Kier molecular flexibility index (Phi) is 5.61. The summed E-state index contributed by atoms with van der Waals surface area (Å²) in [5.74, 6) is -2.81. The third kappa shape index (κ3) is 4.81. The maximum absolute atomic E-state index is 13.6. The van der Waals surface area contributed by atoms with Crippen molar-refractivity contribution in [1.82, 2.24) is 10.2 Å². The smallest absolute Gasteiger partial charge is 0.257 e. The fourth-order valence-electron chi connectivity index (χ4n) is 1.86. The molecule has 0 fully saturated rings. The molecular weight excluding hydrogens is 334 g/mol. The van der Waals surface area contributed by atoms with Crippen LogP contribution in [0, 0.1) is 11.6 Å². The molecule has 1 aromatic rings. The molecule has 2 N–H and O–H groups in total. The summed E-state index contributed by atoms with van der Waals surface area (Å²) in [7, 11) is 3.54. The van der Waals surface area contributed by atoms with Gasteiger partial charge in [0.2, 0.25) is 0 Å². The molecule has 0 aromatic heterocycles. The van der Waals surface area contributed by atoms with Gasteiger partial charge >= 0.3 is 0 Å². The Morgan fingerprint density at radius 3 is 2.35 bits per heavy atom. The van der Waals surface area contributed by atoms with Gasteiger partial charge in [-0.2, -0.15) is 0 Å². The van der Waals surface area contributed by atoms with Crippen LogP contribution in [0.2, 0.25) is 0 Å². The van der Waals surface area contributed by atoms with Crippen molar-refractivity contribution in [2.75, 3.05) is 27.2 Å². The first kappa shape index (κ1) is 17.0. The normalized spacial score (nSPS) is 14.2. The molecular formula is C13H17BrF2N2O2. The Morgan fingerprint density at radius 1 is 1.40 bits per heavy atom. The van der Waals surface area contributed by atoms with E-state index in [2.05, 4.69) is 21.2 Å². The predicted molar refractivity (Wildman–Crippen MR) is 75.6 cm³/mol. The number of benzene rings is 1. The Labute approximate surface area is 124 Å². The van der Waals surface area contributed by atoms with E-state index in [1.165, 1.54) is 6.92 Å². The van der Waals surface area contributed by atoms with E-state index >= 15 is 0 Å². The zero-order valence-electron chi connectivity index (χ0n) is 11.5. The molecule has 1 atom stereocenters. The highest BCUT2D eigenvalue weighted by Crippen LogP contribution is 2.19. The van der Waals surface area contributed by atoms with Crippen LogP contribution in [0.4, 0.5) is 8.78 Å². The average molecular weight is 351 g/mol. The van der Waals surface area contributed by atoms with E-state index in [0.29, 0.717) is 6.54 Å². The Balaban J connectivity index is 2.78. The van der Waals surface area contributed by atoms with E-state index < -0.39 is 28.7 Å². The summed E-state index contributed by atoms with van der Waals surface area (Å²) in [5, 5.41) is 12.3. The number of nitrogens with one attached hydrogen (secondary N) is 1. The van der Waals surface area contributed by atoms with Gasteiger partial charge in [0, 0.05) is 17.6 Å². The zero-order chi connectivity index (χ0) is 15.5. The van der Waals surface area contributed by atoms with Gasteiger partial charge in [-0.15, -0.1) is 0 Å². The first-order valence-electron chi connectivity index (χ1n) is 5.92. The predicted octanol–water partition coefficient (Wildman–Crippen LogP) is 1.77. The van der Waals surface area contributed by atoms with Crippen LogP contribution < -0.4 is 5.32 Å². The Hall–Kier alpha value is -1.05. The van der Waals surface area contributed by atoms with Crippen molar-refractivity contribution in [2.24, 2.45) is 0 Å². The van der Waals surface area contributed by atoms with Crippen LogP contribution in [0.5, 0.6) is 0 Å². The van der Waals surface area contributed by atoms with E-state index in [4.69, 9.17) is 0 Å². The van der Waals surface area contributed by atoms with Crippen molar-refractivity contribution in [3.63, 3.8) is 0 Å². The van der Waals surface area contributed by atoms with Gasteiger partial charge in [-0.3, -0.25) is 4.79 Å². The lowest BCUT2D eigenvalue weighted by Gasteiger charge is -2.27. The highest BCUT2D eigenvalue weighted by Gasteiger charge is 2.24. The molecule has 0 heterocycles. The topological polar surface area (TPSA) is 52.6 Å². The summed E-state index contributed by atoms with van der Waals surface area (Å²) in [4.78, 5) is 13.5. The summed E-state index contributed by atoms with van der Waals surface area (Å²) in [6, 6.07) is 2.02. The third-order valence-electron chi connectivity index (χ3n) is 2.52. The second kappa shape index (κ2) is 6.60. The van der Waals surface area contributed by atoms with Crippen molar-refractivity contribution in [2.45, 2.75) is 12.5 Å². The molecule has 0 saturated carbocycles. The summed E-state index contributed by atoms with van der Waals surface area (Å²) in [5.41, 5.74) is -1.85. The average Bonchev–Trinajstić information content (AvgIpc) is 2.23. The molecule has 0 saturated heterocycles. The minimum atomic E-state index is -1.19. The van der Waals surface area contributed by atoms with Crippen molar-refractivity contribution in [1.29, 1.82) is 0 Å². The first-order valence-corrected chi connectivity index (χ1v) is 6.71. The fraction of sp³-hybridized carbons (Fsp3) is 0.462. The van der Waals surface area contributed by atoms with Gasteiger partial charge in [0.1, 0.15) is 17.2 Å². The van der Waals surface area contributed by atoms with Gasteiger partial charge in [-0.1, -0.05) is 15.9 Å². The molecule has 0 spiro atoms. The van der Waals surface area contributed by atoms with Crippen LogP contribution in [0.3, 0.4) is 0 Å². The number of carbonyl (C=O) groups excluding carboxylic acids is 1. The summed E-state index contributed by atoms with van der Waals surface area (Å²) in [6.07, 6.45) is 0. The molecule has 1 aromatic carbocycles. The number of amides is 1. The van der Waals surface area contributed by atoms with Crippen LogP contribution in [0.15, 0.2) is 16.6 Å². The quantitative estimate of drug-likeness (QED) is 0.850. The lowest BCUT2D eigenvalue weighted by atomic mass is 10.1. The van der Waals surface area contributed by atoms with Crippen molar-refractivity contribution < 1.29 is 18.7 Å². The Bertz CT molecular complexity index is 484. The molecule has 0 aliphatic rings. The molecule has 1 amide bonds. The van der Waals surface area contributed by atoms with E-state index in [1.807, 2.05) is 0 Å². The highest BCUT2D eigenvalue weighted by molar-refractivity contribution is 9.10. The van der Waals surface area contributed by atoms with Gasteiger partial charge in [0.15, 0.2) is 0 Å². The zero-order valence-corrected chi connectivity index (χ0v) is 13.1. The summed E-state index contributed by atoms with van der Waals surface area (Å²) >= 11 is 2.94. The molecule has 1 rings (SSSR count). The number of aliphatic hydroxyl groups is 1. The van der Waals surface area contributed by atoms with Crippen LogP contribution >= 0.6 is 15.9 Å². The molecule has 20 heavy (non-hydrogen) atoms. The molecule has 4 nitrogen and oxygen atoms in total. The maximum Gasteiger partial charge on any atom is 0.257 e. The lowest BCUT2D eigenvalue weighted by molar-refractivity contribution is 0.0324. The largest absolute Gasteiger partial charge is 0.387 e. The number of hydrogen-bond acceptors (Lipinski definition) is 3. The van der Waals surface area contributed by atoms with E-state index in [-0.39, 0.29) is 11.0 Å². The maximum atomic E-state index is 13.6. The second-order valence-electron chi connectivity index (χ2n) is 5.16. The van der Waals surface area contributed by atoms with Crippen LogP contribution in [-0.4, -0.2) is 48.7 Å². The van der Waals surface area contributed by atoms with Crippen LogP contribution in [0.1, 0.15) is 17.3 Å². The summed E-state index contributed by atoms with van der Waals surface area (Å²) < 4.78 is 27.4. The van der Waals surface area contributed by atoms with Crippen molar-refractivity contribution in [3.8, 4) is 0 Å². The number of likely N-dealkylation sites (N-methyl/N-ethyl adjacent to an activating group) is 1. The fourth-order valence-corrected chi connectivity index (χ4v) is 2.26. The second-order valence-corrected chi connectivity index (χ2v) is 6.08. The van der Waals surface area contributed by atoms with Gasteiger partial charge in [-0.25, -0.2) is 8.78 Å². The van der Waals surface area contributed by atoms with E-state index in [1.54, 1.807) is 19.0 Å². The monoisotopic (exact) mass is 350 g/mol. The van der Waals surface area contributed by atoms with Crippen molar-refractivity contribution in [3.05, 3.63) is 33.8 Å². The van der Waals surface area contributed by atoms with Crippen molar-refractivity contribution >= 4 is 21.8 Å². The van der Waals surface area contributed by atoms with Gasteiger partial charge in [0.05, 0.1) is 5.60 Å². The minimum absolute atomic E-state index is 0.112. The number of rotatable bonds is 5. The lowest BCUT2D eigenvalue weighted by Crippen LogP contribution is -2.47. The van der Waals surface area contributed by atoms with E-state index in [0.717, 1.165) is 12.1 Å². The molecule has 0 radical (unpaired) electrons.